The smallest absolute Gasteiger partial charge is 0.127 e. The van der Waals surface area contributed by atoms with E-state index in [0.29, 0.717) is 13.2 Å². The summed E-state index contributed by atoms with van der Waals surface area (Å²) in [6.07, 6.45) is 5.10. The molecule has 1 unspecified atom stereocenters. The number of ether oxygens (including phenoxy) is 2. The second kappa shape index (κ2) is 6.24. The van der Waals surface area contributed by atoms with E-state index in [-0.39, 0.29) is 6.04 Å². The van der Waals surface area contributed by atoms with E-state index in [9.17, 15) is 5.11 Å². The molecule has 0 amide bonds. The largest absolute Gasteiger partial charge is 0.491 e. The second-order valence-corrected chi connectivity index (χ2v) is 6.19. The van der Waals surface area contributed by atoms with Gasteiger partial charge in [-0.05, 0) is 31.5 Å². The summed E-state index contributed by atoms with van der Waals surface area (Å²) in [5, 5.41) is 13.9. The fraction of sp³-hybridized carbons (Fsp3) is 0.647. The predicted octanol–water partition coefficient (Wildman–Crippen LogP) is 2.80. The first-order valence-electron chi connectivity index (χ1n) is 8.05. The van der Waals surface area contributed by atoms with E-state index >= 15 is 0 Å². The standard InChI is InChI=1S/C17H25NO3/c1-2-18-15-11-20-16-10-13(6-7-14(15)16)21-12-17(19)8-4-3-5-9-17/h6-7,10,15,18-19H,2-5,8-9,11-12H2,1H3. The minimum Gasteiger partial charge on any atom is -0.491 e. The van der Waals surface area contributed by atoms with E-state index in [1.807, 2.05) is 12.1 Å². The van der Waals surface area contributed by atoms with Gasteiger partial charge in [-0.1, -0.05) is 26.2 Å². The third-order valence-electron chi connectivity index (χ3n) is 4.51. The van der Waals surface area contributed by atoms with Crippen molar-refractivity contribution in [2.75, 3.05) is 19.8 Å². The zero-order chi connectivity index (χ0) is 14.7. The Hall–Kier alpha value is -1.26. The van der Waals surface area contributed by atoms with Gasteiger partial charge in [-0.2, -0.15) is 0 Å². The van der Waals surface area contributed by atoms with Gasteiger partial charge >= 0.3 is 0 Å². The Kier molecular flexibility index (Phi) is 4.36. The summed E-state index contributed by atoms with van der Waals surface area (Å²) in [4.78, 5) is 0. The third-order valence-corrected chi connectivity index (χ3v) is 4.51. The number of hydrogen-bond acceptors (Lipinski definition) is 4. The fourth-order valence-corrected chi connectivity index (χ4v) is 3.27. The van der Waals surface area contributed by atoms with E-state index in [4.69, 9.17) is 9.47 Å². The normalized spacial score (nSPS) is 23.4. The molecule has 21 heavy (non-hydrogen) atoms. The molecule has 0 radical (unpaired) electrons. The van der Waals surface area contributed by atoms with Crippen LogP contribution in [0.4, 0.5) is 0 Å². The van der Waals surface area contributed by atoms with Crippen LogP contribution in [0.1, 0.15) is 50.6 Å². The molecular weight excluding hydrogens is 266 g/mol. The molecule has 4 nitrogen and oxygen atoms in total. The Morgan fingerprint density at radius 2 is 2.14 bits per heavy atom. The number of nitrogens with one attached hydrogen (secondary N) is 1. The van der Waals surface area contributed by atoms with E-state index in [1.54, 1.807) is 0 Å². The Morgan fingerprint density at radius 1 is 1.33 bits per heavy atom. The lowest BCUT2D eigenvalue weighted by molar-refractivity contribution is -0.0339. The molecule has 0 bridgehead atoms. The summed E-state index contributed by atoms with van der Waals surface area (Å²) in [6.45, 7) is 4.08. The highest BCUT2D eigenvalue weighted by atomic mass is 16.5. The van der Waals surface area contributed by atoms with Crippen molar-refractivity contribution in [3.63, 3.8) is 0 Å². The lowest BCUT2D eigenvalue weighted by Crippen LogP contribution is -2.37. The highest BCUT2D eigenvalue weighted by Crippen LogP contribution is 2.36. The molecule has 1 atom stereocenters. The number of rotatable bonds is 5. The van der Waals surface area contributed by atoms with Crippen molar-refractivity contribution in [1.82, 2.24) is 5.32 Å². The van der Waals surface area contributed by atoms with Crippen LogP contribution in [-0.4, -0.2) is 30.5 Å². The highest BCUT2D eigenvalue weighted by Gasteiger charge is 2.30. The minimum absolute atomic E-state index is 0.279. The number of fused-ring (bicyclic) bond motifs is 1. The molecule has 0 saturated heterocycles. The zero-order valence-corrected chi connectivity index (χ0v) is 12.7. The summed E-state index contributed by atoms with van der Waals surface area (Å²) in [5.74, 6) is 1.68. The molecule has 0 aromatic heterocycles. The molecule has 1 fully saturated rings. The number of likely N-dealkylation sites (N-methyl/N-ethyl adjacent to an activating group) is 1. The summed E-state index contributed by atoms with van der Waals surface area (Å²) in [5.41, 5.74) is 0.547. The van der Waals surface area contributed by atoms with Gasteiger partial charge in [-0.25, -0.2) is 0 Å². The van der Waals surface area contributed by atoms with E-state index in [1.165, 1.54) is 12.0 Å². The van der Waals surface area contributed by atoms with E-state index in [0.717, 1.165) is 43.7 Å². The van der Waals surface area contributed by atoms with Gasteiger partial charge in [0.25, 0.3) is 0 Å². The number of aliphatic hydroxyl groups is 1. The van der Waals surface area contributed by atoms with Gasteiger partial charge in [0.15, 0.2) is 0 Å². The summed E-state index contributed by atoms with van der Waals surface area (Å²) in [7, 11) is 0. The van der Waals surface area contributed by atoms with Crippen LogP contribution in [-0.2, 0) is 0 Å². The molecule has 4 heteroatoms. The molecule has 1 aromatic carbocycles. The van der Waals surface area contributed by atoms with Crippen molar-refractivity contribution in [3.05, 3.63) is 23.8 Å². The summed E-state index contributed by atoms with van der Waals surface area (Å²) in [6, 6.07) is 6.26. The SMILES string of the molecule is CCNC1COc2cc(OCC3(O)CCCCC3)ccc21. The molecular formula is C17H25NO3. The van der Waals surface area contributed by atoms with Crippen molar-refractivity contribution >= 4 is 0 Å². The molecule has 1 heterocycles. The van der Waals surface area contributed by atoms with Gasteiger partial charge < -0.3 is 19.9 Å². The Balaban J connectivity index is 1.62. The molecule has 2 aliphatic rings. The fourth-order valence-electron chi connectivity index (χ4n) is 3.27. The van der Waals surface area contributed by atoms with Crippen molar-refractivity contribution in [2.24, 2.45) is 0 Å². The molecule has 1 aliphatic heterocycles. The van der Waals surface area contributed by atoms with Crippen LogP contribution in [0.15, 0.2) is 18.2 Å². The van der Waals surface area contributed by atoms with Crippen molar-refractivity contribution in [3.8, 4) is 11.5 Å². The first-order valence-corrected chi connectivity index (χ1v) is 8.05. The Bertz CT molecular complexity index is 483. The lowest BCUT2D eigenvalue weighted by Gasteiger charge is -2.31. The molecule has 0 spiro atoms. The maximum absolute atomic E-state index is 10.5. The molecule has 1 aliphatic carbocycles. The molecule has 1 aromatic rings. The van der Waals surface area contributed by atoms with Crippen LogP contribution in [0.2, 0.25) is 0 Å². The quantitative estimate of drug-likeness (QED) is 0.876. The third kappa shape index (κ3) is 3.33. The predicted molar refractivity (Wildman–Crippen MR) is 81.9 cm³/mol. The second-order valence-electron chi connectivity index (χ2n) is 6.19. The first kappa shape index (κ1) is 14.7. The van der Waals surface area contributed by atoms with Gasteiger partial charge in [-0.15, -0.1) is 0 Å². The molecule has 1 saturated carbocycles. The van der Waals surface area contributed by atoms with Gasteiger partial charge in [0.2, 0.25) is 0 Å². The minimum atomic E-state index is -0.648. The van der Waals surface area contributed by atoms with Gasteiger partial charge in [0.1, 0.15) is 24.7 Å². The van der Waals surface area contributed by atoms with Gasteiger partial charge in [0.05, 0.1) is 11.6 Å². The summed E-state index contributed by atoms with van der Waals surface area (Å²) < 4.78 is 11.5. The monoisotopic (exact) mass is 291 g/mol. The Morgan fingerprint density at radius 3 is 2.90 bits per heavy atom. The molecule has 116 valence electrons. The number of hydrogen-bond donors (Lipinski definition) is 2. The van der Waals surface area contributed by atoms with Crippen molar-refractivity contribution in [1.29, 1.82) is 0 Å². The van der Waals surface area contributed by atoms with Crippen LogP contribution in [0.25, 0.3) is 0 Å². The van der Waals surface area contributed by atoms with Crippen molar-refractivity contribution < 1.29 is 14.6 Å². The topological polar surface area (TPSA) is 50.7 Å². The van der Waals surface area contributed by atoms with Crippen LogP contribution >= 0.6 is 0 Å². The van der Waals surface area contributed by atoms with E-state index in [2.05, 4.69) is 18.3 Å². The van der Waals surface area contributed by atoms with Crippen LogP contribution in [0.3, 0.4) is 0 Å². The maximum atomic E-state index is 10.5. The van der Waals surface area contributed by atoms with Crippen LogP contribution in [0.5, 0.6) is 11.5 Å². The first-order chi connectivity index (χ1) is 10.2. The van der Waals surface area contributed by atoms with Crippen molar-refractivity contribution in [2.45, 2.75) is 50.7 Å². The van der Waals surface area contributed by atoms with Crippen LogP contribution in [0, 0.1) is 0 Å². The lowest BCUT2D eigenvalue weighted by atomic mass is 9.85. The average Bonchev–Trinajstić information content (AvgIpc) is 2.89. The van der Waals surface area contributed by atoms with Gasteiger partial charge in [0, 0.05) is 11.6 Å². The number of benzene rings is 1. The summed E-state index contributed by atoms with van der Waals surface area (Å²) >= 11 is 0. The van der Waals surface area contributed by atoms with Gasteiger partial charge in [-0.3, -0.25) is 0 Å². The maximum Gasteiger partial charge on any atom is 0.127 e. The molecule has 2 N–H and O–H groups in total. The molecule has 3 rings (SSSR count). The highest BCUT2D eigenvalue weighted by molar-refractivity contribution is 5.45. The van der Waals surface area contributed by atoms with E-state index < -0.39 is 5.60 Å². The zero-order valence-electron chi connectivity index (χ0n) is 12.7. The average molecular weight is 291 g/mol. The Labute approximate surface area is 126 Å². The van der Waals surface area contributed by atoms with Crippen LogP contribution < -0.4 is 14.8 Å².